The Balaban J connectivity index is 2.02. The summed E-state index contributed by atoms with van der Waals surface area (Å²) < 4.78 is 5.62. The SMILES string of the molecule is CC(C)Oc1ccc(CC2CCCN2)cc1Cl. The molecule has 1 fully saturated rings. The predicted molar refractivity (Wildman–Crippen MR) is 71.9 cm³/mol. The van der Waals surface area contributed by atoms with Crippen molar-refractivity contribution in [2.75, 3.05) is 6.54 Å². The van der Waals surface area contributed by atoms with E-state index in [1.165, 1.54) is 18.4 Å². The van der Waals surface area contributed by atoms with E-state index < -0.39 is 0 Å². The Bertz CT molecular complexity index is 372. The molecule has 0 bridgehead atoms. The molecular formula is C14H20ClNO. The number of hydrogen-bond donors (Lipinski definition) is 1. The van der Waals surface area contributed by atoms with Gasteiger partial charge in [-0.1, -0.05) is 17.7 Å². The van der Waals surface area contributed by atoms with Gasteiger partial charge in [0.25, 0.3) is 0 Å². The summed E-state index contributed by atoms with van der Waals surface area (Å²) in [7, 11) is 0. The molecular weight excluding hydrogens is 234 g/mol. The molecule has 0 aliphatic carbocycles. The van der Waals surface area contributed by atoms with Gasteiger partial charge in [0.05, 0.1) is 11.1 Å². The van der Waals surface area contributed by atoms with Crippen molar-refractivity contribution in [3.63, 3.8) is 0 Å². The first-order valence-electron chi connectivity index (χ1n) is 6.33. The maximum absolute atomic E-state index is 6.21. The Hall–Kier alpha value is -0.730. The average molecular weight is 254 g/mol. The lowest BCUT2D eigenvalue weighted by Crippen LogP contribution is -2.23. The van der Waals surface area contributed by atoms with Crippen molar-refractivity contribution in [1.82, 2.24) is 5.32 Å². The fraction of sp³-hybridized carbons (Fsp3) is 0.571. The van der Waals surface area contributed by atoms with Crippen molar-refractivity contribution in [3.8, 4) is 5.75 Å². The first-order chi connectivity index (χ1) is 8.15. The molecule has 0 spiro atoms. The van der Waals surface area contributed by atoms with Crippen LogP contribution >= 0.6 is 11.6 Å². The minimum atomic E-state index is 0.162. The van der Waals surface area contributed by atoms with Gasteiger partial charge in [-0.25, -0.2) is 0 Å². The molecule has 2 nitrogen and oxygen atoms in total. The van der Waals surface area contributed by atoms with E-state index in [9.17, 15) is 0 Å². The van der Waals surface area contributed by atoms with Gasteiger partial charge in [-0.05, 0) is 57.4 Å². The molecule has 1 heterocycles. The molecule has 1 aliphatic rings. The minimum absolute atomic E-state index is 0.162. The van der Waals surface area contributed by atoms with Crippen LogP contribution in [0.15, 0.2) is 18.2 Å². The summed E-state index contributed by atoms with van der Waals surface area (Å²) in [4.78, 5) is 0. The van der Waals surface area contributed by atoms with E-state index in [0.717, 1.165) is 18.7 Å². The largest absolute Gasteiger partial charge is 0.489 e. The van der Waals surface area contributed by atoms with E-state index >= 15 is 0 Å². The summed E-state index contributed by atoms with van der Waals surface area (Å²) in [6.07, 6.45) is 3.77. The zero-order valence-electron chi connectivity index (χ0n) is 10.5. The van der Waals surface area contributed by atoms with Crippen LogP contribution in [0.2, 0.25) is 5.02 Å². The van der Waals surface area contributed by atoms with E-state index in [4.69, 9.17) is 16.3 Å². The quantitative estimate of drug-likeness (QED) is 0.888. The van der Waals surface area contributed by atoms with Crippen molar-refractivity contribution in [3.05, 3.63) is 28.8 Å². The van der Waals surface area contributed by atoms with Crippen molar-refractivity contribution >= 4 is 11.6 Å². The van der Waals surface area contributed by atoms with Crippen molar-refractivity contribution in [2.45, 2.75) is 45.3 Å². The Morgan fingerprint density at radius 2 is 2.29 bits per heavy atom. The van der Waals surface area contributed by atoms with Crippen molar-refractivity contribution < 1.29 is 4.74 Å². The third kappa shape index (κ3) is 3.62. The van der Waals surface area contributed by atoms with E-state index in [0.29, 0.717) is 11.1 Å². The van der Waals surface area contributed by atoms with Gasteiger partial charge in [-0.15, -0.1) is 0 Å². The predicted octanol–water partition coefficient (Wildman–Crippen LogP) is 3.42. The van der Waals surface area contributed by atoms with Crippen LogP contribution in [0.5, 0.6) is 5.75 Å². The topological polar surface area (TPSA) is 21.3 Å². The molecule has 1 N–H and O–H groups in total. The molecule has 1 saturated heterocycles. The molecule has 1 atom stereocenters. The number of nitrogens with one attached hydrogen (secondary N) is 1. The van der Waals surface area contributed by atoms with Crippen LogP contribution in [0, 0.1) is 0 Å². The van der Waals surface area contributed by atoms with Crippen molar-refractivity contribution in [1.29, 1.82) is 0 Å². The Kier molecular flexibility index (Phi) is 4.30. The van der Waals surface area contributed by atoms with Crippen LogP contribution in [-0.4, -0.2) is 18.7 Å². The normalized spacial score (nSPS) is 19.9. The van der Waals surface area contributed by atoms with E-state index in [1.54, 1.807) is 0 Å². The van der Waals surface area contributed by atoms with Gasteiger partial charge in [0, 0.05) is 6.04 Å². The number of ether oxygens (including phenoxy) is 1. The van der Waals surface area contributed by atoms with E-state index in [1.807, 2.05) is 26.0 Å². The highest BCUT2D eigenvalue weighted by atomic mass is 35.5. The van der Waals surface area contributed by atoms with Crippen LogP contribution < -0.4 is 10.1 Å². The summed E-state index contributed by atoms with van der Waals surface area (Å²) in [6, 6.07) is 6.73. The molecule has 0 amide bonds. The fourth-order valence-corrected chi connectivity index (χ4v) is 2.48. The monoisotopic (exact) mass is 253 g/mol. The molecule has 1 aliphatic heterocycles. The number of hydrogen-bond acceptors (Lipinski definition) is 2. The Labute approximate surface area is 108 Å². The average Bonchev–Trinajstić information content (AvgIpc) is 2.74. The second-order valence-electron chi connectivity index (χ2n) is 4.93. The van der Waals surface area contributed by atoms with Crippen LogP contribution in [-0.2, 0) is 6.42 Å². The lowest BCUT2D eigenvalue weighted by atomic mass is 10.0. The standard InChI is InChI=1S/C14H20ClNO/c1-10(2)17-14-6-5-11(9-13(14)15)8-12-4-3-7-16-12/h5-6,9-10,12,16H,3-4,7-8H2,1-2H3. The molecule has 17 heavy (non-hydrogen) atoms. The van der Waals surface area contributed by atoms with Gasteiger partial charge in [-0.3, -0.25) is 0 Å². The first kappa shape index (κ1) is 12.7. The van der Waals surface area contributed by atoms with Gasteiger partial charge < -0.3 is 10.1 Å². The third-order valence-electron chi connectivity index (χ3n) is 3.00. The number of rotatable bonds is 4. The molecule has 0 saturated carbocycles. The lowest BCUT2D eigenvalue weighted by Gasteiger charge is -2.14. The second kappa shape index (κ2) is 5.74. The summed E-state index contributed by atoms with van der Waals surface area (Å²) in [6.45, 7) is 5.16. The zero-order chi connectivity index (χ0) is 12.3. The molecule has 2 rings (SSSR count). The summed E-state index contributed by atoms with van der Waals surface area (Å²) >= 11 is 6.21. The van der Waals surface area contributed by atoms with Crippen LogP contribution in [0.4, 0.5) is 0 Å². The maximum atomic E-state index is 6.21. The summed E-state index contributed by atoms with van der Waals surface area (Å²) in [5, 5.41) is 4.21. The molecule has 0 aromatic heterocycles. The fourth-order valence-electron chi connectivity index (χ4n) is 2.24. The third-order valence-corrected chi connectivity index (χ3v) is 3.30. The number of halogens is 1. The highest BCUT2D eigenvalue weighted by molar-refractivity contribution is 6.32. The minimum Gasteiger partial charge on any atom is -0.489 e. The summed E-state index contributed by atoms with van der Waals surface area (Å²) in [5.41, 5.74) is 1.28. The molecule has 0 radical (unpaired) electrons. The highest BCUT2D eigenvalue weighted by Crippen LogP contribution is 2.27. The Morgan fingerprint density at radius 1 is 1.47 bits per heavy atom. The van der Waals surface area contributed by atoms with Gasteiger partial charge in [-0.2, -0.15) is 0 Å². The van der Waals surface area contributed by atoms with Crippen LogP contribution in [0.1, 0.15) is 32.3 Å². The van der Waals surface area contributed by atoms with Gasteiger partial charge in [0.1, 0.15) is 5.75 Å². The van der Waals surface area contributed by atoms with E-state index in [-0.39, 0.29) is 6.10 Å². The molecule has 1 aromatic rings. The van der Waals surface area contributed by atoms with Gasteiger partial charge in [0.2, 0.25) is 0 Å². The van der Waals surface area contributed by atoms with Gasteiger partial charge >= 0.3 is 0 Å². The lowest BCUT2D eigenvalue weighted by molar-refractivity contribution is 0.242. The molecule has 3 heteroatoms. The van der Waals surface area contributed by atoms with Crippen LogP contribution in [0.3, 0.4) is 0 Å². The zero-order valence-corrected chi connectivity index (χ0v) is 11.3. The van der Waals surface area contributed by atoms with E-state index in [2.05, 4.69) is 11.4 Å². The highest BCUT2D eigenvalue weighted by Gasteiger charge is 2.15. The van der Waals surface area contributed by atoms with Gasteiger partial charge in [0.15, 0.2) is 0 Å². The van der Waals surface area contributed by atoms with Crippen molar-refractivity contribution in [2.24, 2.45) is 0 Å². The first-order valence-corrected chi connectivity index (χ1v) is 6.71. The molecule has 1 unspecified atom stereocenters. The van der Waals surface area contributed by atoms with Crippen LogP contribution in [0.25, 0.3) is 0 Å². The number of benzene rings is 1. The maximum Gasteiger partial charge on any atom is 0.138 e. The second-order valence-corrected chi connectivity index (χ2v) is 5.34. The molecule has 94 valence electrons. The summed E-state index contributed by atoms with van der Waals surface area (Å²) in [5.74, 6) is 0.782. The smallest absolute Gasteiger partial charge is 0.138 e. The molecule has 1 aromatic carbocycles. The Morgan fingerprint density at radius 3 is 2.88 bits per heavy atom.